The summed E-state index contributed by atoms with van der Waals surface area (Å²) < 4.78 is 3.20. The fraction of sp³-hybridized carbons (Fsp3) is 0.222. The molecule has 2 heterocycles. The van der Waals surface area contributed by atoms with Gasteiger partial charge in [-0.1, -0.05) is 11.3 Å². The van der Waals surface area contributed by atoms with Gasteiger partial charge in [-0.2, -0.15) is 0 Å². The summed E-state index contributed by atoms with van der Waals surface area (Å²) >= 11 is 0. The Hall–Kier alpha value is -1.91. The van der Waals surface area contributed by atoms with Crippen molar-refractivity contribution in [1.82, 2.24) is 19.6 Å². The molecule has 0 aliphatic carbocycles. The molecule has 0 unspecified atom stereocenters. The second-order valence-electron chi connectivity index (χ2n) is 3.05. The molecule has 2 rings (SSSR count). The molecule has 14 heavy (non-hydrogen) atoms. The molecule has 0 bridgehead atoms. The Morgan fingerprint density at radius 3 is 2.93 bits per heavy atom. The maximum Gasteiger partial charge on any atom is 0.250 e. The van der Waals surface area contributed by atoms with Gasteiger partial charge in [0, 0.05) is 25.5 Å². The van der Waals surface area contributed by atoms with E-state index in [9.17, 15) is 4.79 Å². The zero-order valence-electron chi connectivity index (χ0n) is 7.79. The van der Waals surface area contributed by atoms with Crippen LogP contribution in [0.5, 0.6) is 0 Å². The zero-order valence-corrected chi connectivity index (χ0v) is 7.79. The fourth-order valence-corrected chi connectivity index (χ4v) is 1.23. The molecule has 2 aromatic rings. The number of hydrogen-bond acceptors (Lipinski definition) is 3. The van der Waals surface area contributed by atoms with Crippen molar-refractivity contribution in [3.05, 3.63) is 46.6 Å². The van der Waals surface area contributed by atoms with Crippen LogP contribution in [0.3, 0.4) is 0 Å². The number of rotatable bonds is 2. The summed E-state index contributed by atoms with van der Waals surface area (Å²) in [4.78, 5) is 11.3. The number of aromatic nitrogens is 4. The molecule has 0 radical (unpaired) electrons. The lowest BCUT2D eigenvalue weighted by Gasteiger charge is -1.99. The van der Waals surface area contributed by atoms with E-state index in [0.29, 0.717) is 6.54 Å². The summed E-state index contributed by atoms with van der Waals surface area (Å²) in [6.07, 6.45) is 3.52. The minimum Gasteiger partial charge on any atom is -0.309 e. The molecular weight excluding hydrogens is 180 g/mol. The molecule has 0 spiro atoms. The van der Waals surface area contributed by atoms with Crippen LogP contribution >= 0.6 is 0 Å². The van der Waals surface area contributed by atoms with E-state index in [1.54, 1.807) is 34.8 Å². The predicted molar refractivity (Wildman–Crippen MR) is 50.8 cm³/mol. The van der Waals surface area contributed by atoms with Crippen molar-refractivity contribution in [3.63, 3.8) is 0 Å². The standard InChI is InChI=1S/C9H10N4O/c1-12-6-8(10-11-12)7-13-5-3-2-4-9(13)14/h2-6H,7H2,1H3. The van der Waals surface area contributed by atoms with Crippen LogP contribution in [0.15, 0.2) is 35.4 Å². The van der Waals surface area contributed by atoms with Gasteiger partial charge < -0.3 is 4.57 Å². The van der Waals surface area contributed by atoms with Gasteiger partial charge in [-0.3, -0.25) is 9.48 Å². The molecule has 0 N–H and O–H groups in total. The fourth-order valence-electron chi connectivity index (χ4n) is 1.23. The van der Waals surface area contributed by atoms with Crippen molar-refractivity contribution in [3.8, 4) is 0 Å². The quantitative estimate of drug-likeness (QED) is 0.671. The smallest absolute Gasteiger partial charge is 0.250 e. The number of aryl methyl sites for hydroxylation is 1. The van der Waals surface area contributed by atoms with Crippen LogP contribution in [-0.4, -0.2) is 19.6 Å². The van der Waals surface area contributed by atoms with Crippen LogP contribution in [0, 0.1) is 0 Å². The number of pyridine rings is 1. The Balaban J connectivity index is 2.27. The Bertz CT molecular complexity index is 485. The Morgan fingerprint density at radius 1 is 1.43 bits per heavy atom. The molecule has 0 aromatic carbocycles. The highest BCUT2D eigenvalue weighted by atomic mass is 16.1. The number of nitrogens with zero attached hydrogens (tertiary/aromatic N) is 4. The average Bonchev–Trinajstić information content (AvgIpc) is 2.56. The maximum atomic E-state index is 11.3. The minimum absolute atomic E-state index is 0.0295. The third-order valence-corrected chi connectivity index (χ3v) is 1.88. The summed E-state index contributed by atoms with van der Waals surface area (Å²) in [5, 5.41) is 7.70. The van der Waals surface area contributed by atoms with Crippen molar-refractivity contribution >= 4 is 0 Å². The van der Waals surface area contributed by atoms with Crippen LogP contribution in [0.25, 0.3) is 0 Å². The molecule has 5 heteroatoms. The molecule has 0 atom stereocenters. The Morgan fingerprint density at radius 2 is 2.29 bits per heavy atom. The highest BCUT2D eigenvalue weighted by Crippen LogP contribution is 1.93. The molecule has 0 fully saturated rings. The second-order valence-corrected chi connectivity index (χ2v) is 3.05. The summed E-state index contributed by atoms with van der Waals surface area (Å²) in [6.45, 7) is 0.466. The molecular formula is C9H10N4O. The molecule has 0 aliphatic heterocycles. The SMILES string of the molecule is Cn1cc(Cn2ccccc2=O)nn1. The Kier molecular flexibility index (Phi) is 2.14. The normalized spacial score (nSPS) is 10.4. The maximum absolute atomic E-state index is 11.3. The Labute approximate surface area is 80.6 Å². The van der Waals surface area contributed by atoms with Gasteiger partial charge >= 0.3 is 0 Å². The molecule has 0 aliphatic rings. The van der Waals surface area contributed by atoms with Gasteiger partial charge in [-0.25, -0.2) is 0 Å². The van der Waals surface area contributed by atoms with E-state index in [1.165, 1.54) is 6.07 Å². The molecule has 0 saturated carbocycles. The largest absolute Gasteiger partial charge is 0.309 e. The van der Waals surface area contributed by atoms with E-state index in [4.69, 9.17) is 0 Å². The topological polar surface area (TPSA) is 52.7 Å². The van der Waals surface area contributed by atoms with E-state index in [1.807, 2.05) is 6.07 Å². The van der Waals surface area contributed by atoms with Crippen LogP contribution in [-0.2, 0) is 13.6 Å². The summed E-state index contributed by atoms with van der Waals surface area (Å²) in [7, 11) is 1.80. The van der Waals surface area contributed by atoms with Gasteiger partial charge in [-0.05, 0) is 6.07 Å². The van der Waals surface area contributed by atoms with E-state index >= 15 is 0 Å². The van der Waals surface area contributed by atoms with Crippen molar-refractivity contribution in [2.45, 2.75) is 6.54 Å². The average molecular weight is 190 g/mol. The molecule has 72 valence electrons. The summed E-state index contributed by atoms with van der Waals surface area (Å²) in [5.74, 6) is 0. The molecule has 5 nitrogen and oxygen atoms in total. The van der Waals surface area contributed by atoms with E-state index in [2.05, 4.69) is 10.3 Å². The van der Waals surface area contributed by atoms with Crippen molar-refractivity contribution in [1.29, 1.82) is 0 Å². The zero-order chi connectivity index (χ0) is 9.97. The van der Waals surface area contributed by atoms with Crippen LogP contribution in [0.4, 0.5) is 0 Å². The van der Waals surface area contributed by atoms with E-state index < -0.39 is 0 Å². The van der Waals surface area contributed by atoms with Crippen LogP contribution in [0.1, 0.15) is 5.69 Å². The summed E-state index contributed by atoms with van der Waals surface area (Å²) in [5.41, 5.74) is 0.749. The lowest BCUT2D eigenvalue weighted by Crippen LogP contribution is -2.18. The highest BCUT2D eigenvalue weighted by molar-refractivity contribution is 4.98. The first-order valence-electron chi connectivity index (χ1n) is 4.26. The summed E-state index contributed by atoms with van der Waals surface area (Å²) in [6, 6.07) is 5.06. The highest BCUT2D eigenvalue weighted by Gasteiger charge is 1.99. The first-order valence-corrected chi connectivity index (χ1v) is 4.26. The van der Waals surface area contributed by atoms with Crippen LogP contribution in [0.2, 0.25) is 0 Å². The van der Waals surface area contributed by atoms with Gasteiger partial charge in [0.1, 0.15) is 5.69 Å². The molecule has 0 saturated heterocycles. The van der Waals surface area contributed by atoms with Crippen LogP contribution < -0.4 is 5.56 Å². The lowest BCUT2D eigenvalue weighted by molar-refractivity contribution is 0.705. The van der Waals surface area contributed by atoms with Gasteiger partial charge in [0.25, 0.3) is 5.56 Å². The van der Waals surface area contributed by atoms with Gasteiger partial charge in [0.2, 0.25) is 0 Å². The van der Waals surface area contributed by atoms with Gasteiger partial charge in [0.05, 0.1) is 6.54 Å². The predicted octanol–water partition coefficient (Wildman–Crippen LogP) is 0.0251. The molecule has 2 aromatic heterocycles. The van der Waals surface area contributed by atoms with Crippen molar-refractivity contribution in [2.75, 3.05) is 0 Å². The monoisotopic (exact) mass is 190 g/mol. The number of hydrogen-bond donors (Lipinski definition) is 0. The minimum atomic E-state index is -0.0295. The first-order chi connectivity index (χ1) is 6.75. The third kappa shape index (κ3) is 1.71. The van der Waals surface area contributed by atoms with Crippen molar-refractivity contribution in [2.24, 2.45) is 7.05 Å². The van der Waals surface area contributed by atoms with E-state index in [-0.39, 0.29) is 5.56 Å². The van der Waals surface area contributed by atoms with Gasteiger partial charge in [0.15, 0.2) is 0 Å². The second kappa shape index (κ2) is 3.45. The lowest BCUT2D eigenvalue weighted by atomic mass is 10.4. The van der Waals surface area contributed by atoms with Crippen molar-refractivity contribution < 1.29 is 0 Å². The first kappa shape index (κ1) is 8.68. The third-order valence-electron chi connectivity index (χ3n) is 1.88. The van der Waals surface area contributed by atoms with E-state index in [0.717, 1.165) is 5.69 Å². The molecule has 0 amide bonds. The van der Waals surface area contributed by atoms with Gasteiger partial charge in [-0.15, -0.1) is 5.10 Å².